The predicted octanol–water partition coefficient (Wildman–Crippen LogP) is 5.90. The van der Waals surface area contributed by atoms with E-state index in [1.807, 2.05) is 24.3 Å². The minimum atomic E-state index is -0.398. The van der Waals surface area contributed by atoms with Crippen LogP contribution < -0.4 is 5.32 Å². The molecule has 3 heterocycles. The topological polar surface area (TPSA) is 64.1 Å². The van der Waals surface area contributed by atoms with Gasteiger partial charge in [0.25, 0.3) is 0 Å². The van der Waals surface area contributed by atoms with E-state index in [4.69, 9.17) is 9.72 Å². The number of hydrogen-bond donors (Lipinski definition) is 1. The standard InChI is InChI=1S/C21H19N3O2S3/c1-2-26-20(25)17-13-29-21(24-17)23-15(11-14-7-4-3-5-8-14)16-12-28-19(22-16)18-9-6-10-27-18/h3-10,12-13,15H,2,11H2,1H3,(H,23,24)/t15-/m0/s1. The fraction of sp³-hybridized carbons (Fsp3) is 0.190. The smallest absolute Gasteiger partial charge is 0.357 e. The van der Waals surface area contributed by atoms with Crippen molar-refractivity contribution >= 4 is 45.1 Å². The zero-order valence-electron chi connectivity index (χ0n) is 15.7. The van der Waals surface area contributed by atoms with E-state index in [1.165, 1.54) is 21.8 Å². The molecule has 0 bridgehead atoms. The fourth-order valence-electron chi connectivity index (χ4n) is 2.83. The first-order valence-corrected chi connectivity index (χ1v) is 11.8. The Morgan fingerprint density at radius 1 is 1.07 bits per heavy atom. The van der Waals surface area contributed by atoms with Crippen molar-refractivity contribution in [3.8, 4) is 9.88 Å². The Morgan fingerprint density at radius 2 is 1.93 bits per heavy atom. The summed E-state index contributed by atoms with van der Waals surface area (Å²) in [7, 11) is 0. The number of rotatable bonds is 8. The van der Waals surface area contributed by atoms with E-state index in [-0.39, 0.29) is 6.04 Å². The summed E-state index contributed by atoms with van der Waals surface area (Å²) in [4.78, 5) is 22.4. The van der Waals surface area contributed by atoms with Gasteiger partial charge in [-0.15, -0.1) is 34.0 Å². The van der Waals surface area contributed by atoms with Gasteiger partial charge >= 0.3 is 5.97 Å². The van der Waals surface area contributed by atoms with Crippen molar-refractivity contribution < 1.29 is 9.53 Å². The van der Waals surface area contributed by atoms with Crippen LogP contribution in [-0.2, 0) is 11.2 Å². The van der Waals surface area contributed by atoms with Crippen molar-refractivity contribution in [2.75, 3.05) is 11.9 Å². The third-order valence-corrected chi connectivity index (χ3v) is 6.85. The summed E-state index contributed by atoms with van der Waals surface area (Å²) in [5, 5.41) is 11.0. The molecule has 0 fully saturated rings. The normalized spacial score (nSPS) is 11.9. The monoisotopic (exact) mass is 441 g/mol. The summed E-state index contributed by atoms with van der Waals surface area (Å²) in [5.41, 5.74) is 2.50. The Morgan fingerprint density at radius 3 is 2.69 bits per heavy atom. The molecular weight excluding hydrogens is 422 g/mol. The van der Waals surface area contributed by atoms with Crippen molar-refractivity contribution in [2.24, 2.45) is 0 Å². The molecule has 8 heteroatoms. The van der Waals surface area contributed by atoms with Gasteiger partial charge in [-0.25, -0.2) is 14.8 Å². The summed E-state index contributed by atoms with van der Waals surface area (Å²) >= 11 is 4.72. The number of anilines is 1. The van der Waals surface area contributed by atoms with Gasteiger partial charge in [-0.2, -0.15) is 0 Å². The molecule has 1 aromatic carbocycles. The summed E-state index contributed by atoms with van der Waals surface area (Å²) in [6.45, 7) is 2.12. The third-order valence-electron chi connectivity index (χ3n) is 4.18. The number of hydrogen-bond acceptors (Lipinski definition) is 8. The van der Waals surface area contributed by atoms with Crippen LogP contribution in [0.25, 0.3) is 9.88 Å². The van der Waals surface area contributed by atoms with E-state index in [1.54, 1.807) is 35.0 Å². The highest BCUT2D eigenvalue weighted by atomic mass is 32.1. The van der Waals surface area contributed by atoms with Gasteiger partial charge in [0.15, 0.2) is 10.8 Å². The van der Waals surface area contributed by atoms with Gasteiger partial charge in [0.05, 0.1) is 23.2 Å². The summed E-state index contributed by atoms with van der Waals surface area (Å²) in [6.07, 6.45) is 0.767. The minimum Gasteiger partial charge on any atom is -0.461 e. The molecule has 0 radical (unpaired) electrons. The molecule has 0 unspecified atom stereocenters. The summed E-state index contributed by atoms with van der Waals surface area (Å²) < 4.78 is 5.04. The second kappa shape index (κ2) is 9.30. The van der Waals surface area contributed by atoms with Crippen LogP contribution in [0.4, 0.5) is 5.13 Å². The van der Waals surface area contributed by atoms with Crippen LogP contribution in [0.15, 0.2) is 58.6 Å². The number of thiophene rings is 1. The Hall–Kier alpha value is -2.55. The molecule has 0 amide bonds. The third kappa shape index (κ3) is 4.90. The molecular formula is C21H19N3O2S3. The molecule has 3 aromatic heterocycles. The van der Waals surface area contributed by atoms with E-state index >= 15 is 0 Å². The molecule has 5 nitrogen and oxygen atoms in total. The van der Waals surface area contributed by atoms with Crippen LogP contribution in [-0.4, -0.2) is 22.5 Å². The Bertz CT molecular complexity index is 1060. The number of nitrogens with zero attached hydrogens (tertiary/aromatic N) is 2. The predicted molar refractivity (Wildman–Crippen MR) is 120 cm³/mol. The lowest BCUT2D eigenvalue weighted by atomic mass is 10.0. The van der Waals surface area contributed by atoms with Crippen LogP contribution in [0.3, 0.4) is 0 Å². The largest absolute Gasteiger partial charge is 0.461 e. The molecule has 0 aliphatic carbocycles. The number of benzene rings is 1. The number of thiazole rings is 2. The molecule has 1 atom stereocenters. The van der Waals surface area contributed by atoms with Crippen molar-refractivity contribution in [1.82, 2.24) is 9.97 Å². The SMILES string of the molecule is CCOC(=O)c1csc(N[C@@H](Cc2ccccc2)c2csc(-c3cccs3)n2)n1. The van der Waals surface area contributed by atoms with Crippen molar-refractivity contribution in [1.29, 1.82) is 0 Å². The van der Waals surface area contributed by atoms with Crippen LogP contribution in [0, 0.1) is 0 Å². The van der Waals surface area contributed by atoms with Crippen LogP contribution in [0.5, 0.6) is 0 Å². The van der Waals surface area contributed by atoms with Gasteiger partial charge in [0.1, 0.15) is 5.01 Å². The van der Waals surface area contributed by atoms with Gasteiger partial charge in [0, 0.05) is 10.8 Å². The quantitative estimate of drug-likeness (QED) is 0.345. The van der Waals surface area contributed by atoms with Crippen molar-refractivity contribution in [3.63, 3.8) is 0 Å². The number of aromatic nitrogens is 2. The van der Waals surface area contributed by atoms with Crippen molar-refractivity contribution in [3.05, 3.63) is 75.6 Å². The highest BCUT2D eigenvalue weighted by molar-refractivity contribution is 7.20. The van der Waals surface area contributed by atoms with Gasteiger partial charge in [-0.3, -0.25) is 0 Å². The first kappa shape index (κ1) is 19.8. The van der Waals surface area contributed by atoms with E-state index < -0.39 is 5.97 Å². The average molecular weight is 442 g/mol. The van der Waals surface area contributed by atoms with Crippen LogP contribution in [0.1, 0.15) is 34.7 Å². The molecule has 0 aliphatic heterocycles. The Labute approximate surface area is 181 Å². The molecule has 4 rings (SSSR count). The van der Waals surface area contributed by atoms with Gasteiger partial charge in [-0.1, -0.05) is 36.4 Å². The maximum Gasteiger partial charge on any atom is 0.357 e. The molecule has 148 valence electrons. The molecule has 29 heavy (non-hydrogen) atoms. The van der Waals surface area contributed by atoms with Crippen LogP contribution >= 0.6 is 34.0 Å². The molecule has 0 aliphatic rings. The Kier molecular flexibility index (Phi) is 6.33. The molecule has 0 spiro atoms. The highest BCUT2D eigenvalue weighted by Crippen LogP contribution is 2.32. The van der Waals surface area contributed by atoms with Gasteiger partial charge < -0.3 is 10.1 Å². The van der Waals surface area contributed by atoms with E-state index in [0.717, 1.165) is 17.1 Å². The first-order chi connectivity index (χ1) is 14.2. The van der Waals surface area contributed by atoms with Gasteiger partial charge in [0.2, 0.25) is 0 Å². The lowest BCUT2D eigenvalue weighted by Gasteiger charge is -2.16. The molecule has 4 aromatic rings. The van der Waals surface area contributed by atoms with E-state index in [9.17, 15) is 4.79 Å². The molecule has 1 N–H and O–H groups in total. The highest BCUT2D eigenvalue weighted by Gasteiger charge is 2.20. The molecule has 0 saturated heterocycles. The van der Waals surface area contributed by atoms with Gasteiger partial charge in [-0.05, 0) is 30.4 Å². The average Bonchev–Trinajstić information content (AvgIpc) is 3.49. The summed E-state index contributed by atoms with van der Waals surface area (Å²) in [5.74, 6) is -0.398. The second-order valence-corrected chi connectivity index (χ2v) is 8.86. The number of carbonyl (C=O) groups excluding carboxylic acids is 1. The number of carbonyl (C=O) groups is 1. The zero-order valence-corrected chi connectivity index (χ0v) is 18.2. The maximum absolute atomic E-state index is 11.9. The number of esters is 1. The second-order valence-electron chi connectivity index (χ2n) is 6.20. The molecule has 0 saturated carbocycles. The lowest BCUT2D eigenvalue weighted by Crippen LogP contribution is -2.14. The maximum atomic E-state index is 11.9. The lowest BCUT2D eigenvalue weighted by molar-refractivity contribution is 0.0520. The fourth-order valence-corrected chi connectivity index (χ4v) is 5.25. The number of ether oxygens (including phenoxy) is 1. The van der Waals surface area contributed by atoms with E-state index in [0.29, 0.717) is 17.4 Å². The minimum absolute atomic E-state index is 0.0523. The summed E-state index contributed by atoms with van der Waals surface area (Å²) in [6, 6.07) is 14.4. The number of nitrogens with one attached hydrogen (secondary N) is 1. The van der Waals surface area contributed by atoms with Crippen LogP contribution in [0.2, 0.25) is 0 Å². The first-order valence-electron chi connectivity index (χ1n) is 9.15. The Balaban J connectivity index is 1.58. The van der Waals surface area contributed by atoms with E-state index in [2.05, 4.69) is 39.3 Å². The zero-order chi connectivity index (χ0) is 20.1. The van der Waals surface area contributed by atoms with Crippen molar-refractivity contribution in [2.45, 2.75) is 19.4 Å².